The van der Waals surface area contributed by atoms with Crippen LogP contribution >= 0.6 is 23.2 Å². The van der Waals surface area contributed by atoms with E-state index in [9.17, 15) is 4.79 Å². The summed E-state index contributed by atoms with van der Waals surface area (Å²) in [7, 11) is 0. The van der Waals surface area contributed by atoms with Gasteiger partial charge in [-0.2, -0.15) is 0 Å². The van der Waals surface area contributed by atoms with Gasteiger partial charge in [0.25, 0.3) is 0 Å². The van der Waals surface area contributed by atoms with E-state index in [-0.39, 0.29) is 12.6 Å². The monoisotopic (exact) mass is 303 g/mol. The molecule has 0 aliphatic carbocycles. The van der Waals surface area contributed by atoms with E-state index in [2.05, 4.69) is 0 Å². The van der Waals surface area contributed by atoms with Crippen LogP contribution in [0.15, 0.2) is 18.2 Å². The van der Waals surface area contributed by atoms with E-state index in [4.69, 9.17) is 33.0 Å². The summed E-state index contributed by atoms with van der Waals surface area (Å²) in [5, 5.41) is 9.74. The lowest BCUT2D eigenvalue weighted by atomic mass is 10.1. The van der Waals surface area contributed by atoms with Crippen molar-refractivity contribution in [2.75, 3.05) is 19.6 Å². The number of ether oxygens (including phenoxy) is 1. The maximum atomic E-state index is 10.7. The van der Waals surface area contributed by atoms with Gasteiger partial charge in [0, 0.05) is 12.6 Å². The topological polar surface area (TPSA) is 49.8 Å². The minimum absolute atomic E-state index is 0.00894. The number of hydrogen-bond acceptors (Lipinski definition) is 3. The Morgan fingerprint density at radius 3 is 2.89 bits per heavy atom. The Kier molecular flexibility index (Phi) is 4.91. The Morgan fingerprint density at radius 2 is 2.21 bits per heavy atom. The number of nitrogens with zero attached hydrogens (tertiary/aromatic N) is 1. The molecule has 0 saturated carbocycles. The number of halogens is 2. The van der Waals surface area contributed by atoms with Crippen molar-refractivity contribution in [2.24, 2.45) is 0 Å². The van der Waals surface area contributed by atoms with Crippen LogP contribution in [0.2, 0.25) is 10.0 Å². The molecule has 0 spiro atoms. The fourth-order valence-corrected chi connectivity index (χ4v) is 2.47. The normalized spacial score (nSPS) is 20.2. The number of carboxylic acid groups (broad SMARTS) is 1. The number of aliphatic carboxylic acids is 1. The van der Waals surface area contributed by atoms with Gasteiger partial charge >= 0.3 is 5.97 Å². The number of carbonyl (C=O) groups is 1. The maximum Gasteiger partial charge on any atom is 0.317 e. The van der Waals surface area contributed by atoms with E-state index in [1.807, 2.05) is 4.90 Å². The second kappa shape index (κ2) is 6.46. The predicted octanol–water partition coefficient (Wildman–Crippen LogP) is 2.92. The molecule has 2 rings (SSSR count). The van der Waals surface area contributed by atoms with Crippen molar-refractivity contribution < 1.29 is 14.6 Å². The average molecular weight is 304 g/mol. The molecule has 19 heavy (non-hydrogen) atoms. The van der Waals surface area contributed by atoms with Crippen LogP contribution in [-0.4, -0.2) is 41.7 Å². The third kappa shape index (κ3) is 4.27. The molecule has 1 aromatic carbocycles. The van der Waals surface area contributed by atoms with Crippen molar-refractivity contribution in [1.29, 1.82) is 0 Å². The fourth-order valence-electron chi connectivity index (χ4n) is 2.19. The Bertz CT molecular complexity index is 467. The molecule has 1 atom stereocenters. The number of piperidine rings is 1. The van der Waals surface area contributed by atoms with Gasteiger partial charge < -0.3 is 9.84 Å². The Balaban J connectivity index is 1.94. The quantitative estimate of drug-likeness (QED) is 0.929. The van der Waals surface area contributed by atoms with Gasteiger partial charge in [0.1, 0.15) is 11.9 Å². The van der Waals surface area contributed by atoms with Crippen molar-refractivity contribution in [3.8, 4) is 5.75 Å². The molecule has 0 amide bonds. The summed E-state index contributed by atoms with van der Waals surface area (Å²) in [6, 6.07) is 5.14. The molecular weight excluding hydrogens is 289 g/mol. The predicted molar refractivity (Wildman–Crippen MR) is 74.2 cm³/mol. The summed E-state index contributed by atoms with van der Waals surface area (Å²) >= 11 is 11.8. The van der Waals surface area contributed by atoms with Gasteiger partial charge in [0.05, 0.1) is 16.6 Å². The molecule has 1 heterocycles. The van der Waals surface area contributed by atoms with Gasteiger partial charge in [-0.15, -0.1) is 0 Å². The molecule has 0 bridgehead atoms. The largest absolute Gasteiger partial charge is 0.489 e. The lowest BCUT2D eigenvalue weighted by molar-refractivity contribution is -0.138. The summed E-state index contributed by atoms with van der Waals surface area (Å²) in [4.78, 5) is 12.6. The van der Waals surface area contributed by atoms with Gasteiger partial charge in [0.2, 0.25) is 0 Å². The summed E-state index contributed by atoms with van der Waals surface area (Å²) in [5.74, 6) is -0.147. The van der Waals surface area contributed by atoms with E-state index in [1.165, 1.54) is 0 Å². The highest BCUT2D eigenvalue weighted by molar-refractivity contribution is 6.42. The zero-order chi connectivity index (χ0) is 13.8. The zero-order valence-corrected chi connectivity index (χ0v) is 11.8. The first-order valence-corrected chi connectivity index (χ1v) is 6.86. The third-order valence-electron chi connectivity index (χ3n) is 3.01. The van der Waals surface area contributed by atoms with Gasteiger partial charge in [-0.1, -0.05) is 23.2 Å². The minimum atomic E-state index is -0.810. The Labute approximate surface area is 121 Å². The smallest absolute Gasteiger partial charge is 0.317 e. The molecule has 0 unspecified atom stereocenters. The minimum Gasteiger partial charge on any atom is -0.489 e. The van der Waals surface area contributed by atoms with Crippen molar-refractivity contribution in [2.45, 2.75) is 18.9 Å². The lowest BCUT2D eigenvalue weighted by Crippen LogP contribution is -2.43. The number of carboxylic acids is 1. The van der Waals surface area contributed by atoms with E-state index < -0.39 is 5.97 Å². The molecule has 6 heteroatoms. The number of likely N-dealkylation sites (tertiary alicyclic amines) is 1. The highest BCUT2D eigenvalue weighted by Gasteiger charge is 2.22. The summed E-state index contributed by atoms with van der Waals surface area (Å²) < 4.78 is 5.83. The Hall–Kier alpha value is -0.970. The second-order valence-electron chi connectivity index (χ2n) is 4.59. The van der Waals surface area contributed by atoms with E-state index in [0.717, 1.165) is 19.4 Å². The molecule has 1 aromatic rings. The van der Waals surface area contributed by atoms with Crippen LogP contribution in [0, 0.1) is 0 Å². The first-order chi connectivity index (χ1) is 9.04. The molecule has 1 aliphatic heterocycles. The van der Waals surface area contributed by atoms with E-state index >= 15 is 0 Å². The molecule has 0 aromatic heterocycles. The Morgan fingerprint density at radius 1 is 1.42 bits per heavy atom. The molecule has 4 nitrogen and oxygen atoms in total. The van der Waals surface area contributed by atoms with Gasteiger partial charge in [0.15, 0.2) is 0 Å². The maximum absolute atomic E-state index is 10.7. The van der Waals surface area contributed by atoms with E-state index in [1.54, 1.807) is 18.2 Å². The van der Waals surface area contributed by atoms with Crippen LogP contribution in [0.4, 0.5) is 0 Å². The van der Waals surface area contributed by atoms with Crippen molar-refractivity contribution in [3.05, 3.63) is 28.2 Å². The molecule has 1 saturated heterocycles. The second-order valence-corrected chi connectivity index (χ2v) is 5.40. The van der Waals surface area contributed by atoms with Crippen LogP contribution in [0.25, 0.3) is 0 Å². The fraction of sp³-hybridized carbons (Fsp3) is 0.462. The first kappa shape index (κ1) is 14.4. The first-order valence-electron chi connectivity index (χ1n) is 6.10. The molecule has 1 aliphatic rings. The van der Waals surface area contributed by atoms with Crippen LogP contribution in [0.3, 0.4) is 0 Å². The van der Waals surface area contributed by atoms with Crippen molar-refractivity contribution in [3.63, 3.8) is 0 Å². The molecule has 1 N–H and O–H groups in total. The SMILES string of the molecule is O=C(O)CN1CCC[C@@H](Oc2ccc(Cl)c(Cl)c2)C1. The number of benzene rings is 1. The third-order valence-corrected chi connectivity index (χ3v) is 3.75. The average Bonchev–Trinajstić information content (AvgIpc) is 2.33. The molecule has 1 fully saturated rings. The molecule has 0 radical (unpaired) electrons. The van der Waals surface area contributed by atoms with Gasteiger partial charge in [-0.25, -0.2) is 0 Å². The molecule has 104 valence electrons. The highest BCUT2D eigenvalue weighted by Crippen LogP contribution is 2.27. The number of rotatable bonds is 4. The zero-order valence-electron chi connectivity index (χ0n) is 10.3. The van der Waals surface area contributed by atoms with Crippen molar-refractivity contribution >= 4 is 29.2 Å². The lowest BCUT2D eigenvalue weighted by Gasteiger charge is -2.31. The summed E-state index contributed by atoms with van der Waals surface area (Å²) in [5.41, 5.74) is 0. The van der Waals surface area contributed by atoms with Crippen molar-refractivity contribution in [1.82, 2.24) is 4.90 Å². The van der Waals surface area contributed by atoms with Crippen LogP contribution < -0.4 is 4.74 Å². The standard InChI is InChI=1S/C13H15Cl2NO3/c14-11-4-3-9(6-12(11)15)19-10-2-1-5-16(7-10)8-13(17)18/h3-4,6,10H,1-2,5,7-8H2,(H,17,18)/t10-/m1/s1. The molecular formula is C13H15Cl2NO3. The van der Waals surface area contributed by atoms with Gasteiger partial charge in [-0.3, -0.25) is 9.69 Å². The summed E-state index contributed by atoms with van der Waals surface area (Å²) in [6.07, 6.45) is 1.83. The number of hydrogen-bond donors (Lipinski definition) is 1. The van der Waals surface area contributed by atoms with Crippen LogP contribution in [0.5, 0.6) is 5.75 Å². The van der Waals surface area contributed by atoms with Crippen LogP contribution in [-0.2, 0) is 4.79 Å². The van der Waals surface area contributed by atoms with Gasteiger partial charge in [-0.05, 0) is 31.5 Å². The highest BCUT2D eigenvalue weighted by atomic mass is 35.5. The van der Waals surface area contributed by atoms with Crippen LogP contribution in [0.1, 0.15) is 12.8 Å². The van der Waals surface area contributed by atoms with E-state index in [0.29, 0.717) is 22.3 Å². The summed E-state index contributed by atoms with van der Waals surface area (Å²) in [6.45, 7) is 1.47.